The maximum absolute atomic E-state index is 14.2. The monoisotopic (exact) mass is 695 g/mol. The van der Waals surface area contributed by atoms with E-state index >= 15 is 0 Å². The second kappa shape index (κ2) is 12.7. The van der Waals surface area contributed by atoms with Gasteiger partial charge in [-0.1, -0.05) is 53.5 Å². The molecule has 1 aliphatic rings. The molecule has 2 amide bonds. The zero-order chi connectivity index (χ0) is 33.6. The molecule has 1 fully saturated rings. The van der Waals surface area contributed by atoms with E-state index in [2.05, 4.69) is 4.98 Å². The van der Waals surface area contributed by atoms with E-state index in [1.54, 1.807) is 42.5 Å². The molecule has 5 aromatic rings. The Hall–Kier alpha value is -4.85. The molecule has 11 nitrogen and oxygen atoms in total. The number of carbonyl (C=O) groups is 2. The largest absolute Gasteiger partial charge is 0.493 e. The fourth-order valence-corrected chi connectivity index (χ4v) is 6.32. The van der Waals surface area contributed by atoms with Gasteiger partial charge >= 0.3 is 11.7 Å². The lowest BCUT2D eigenvalue weighted by molar-refractivity contribution is -0.123. The van der Waals surface area contributed by atoms with E-state index in [0.717, 1.165) is 21.2 Å². The Morgan fingerprint density at radius 1 is 0.915 bits per heavy atom. The molecule has 0 unspecified atom stereocenters. The van der Waals surface area contributed by atoms with Crippen molar-refractivity contribution in [3.05, 3.63) is 119 Å². The first kappa shape index (κ1) is 32.1. The van der Waals surface area contributed by atoms with E-state index in [1.807, 2.05) is 0 Å². The van der Waals surface area contributed by atoms with Crippen LogP contribution in [0.3, 0.4) is 0 Å². The maximum atomic E-state index is 14.2. The first-order valence-electron chi connectivity index (χ1n) is 13.9. The molecule has 0 radical (unpaired) electrons. The van der Waals surface area contributed by atoms with Crippen LogP contribution >= 0.6 is 35.0 Å². The smallest absolute Gasteiger partial charge is 0.332 e. The van der Waals surface area contributed by atoms with E-state index in [9.17, 15) is 23.6 Å². The van der Waals surface area contributed by atoms with Gasteiger partial charge in [-0.15, -0.1) is 0 Å². The van der Waals surface area contributed by atoms with Crippen LogP contribution in [0.25, 0.3) is 17.2 Å². The average Bonchev–Trinajstić information content (AvgIpc) is 3.53. The third-order valence-corrected chi connectivity index (χ3v) is 9.00. The number of carbonyl (C=O) groups excluding carboxylic acids is 2. The summed E-state index contributed by atoms with van der Waals surface area (Å²) in [6.07, 6.45) is 1.52. The highest BCUT2D eigenvalue weighted by Gasteiger charge is 2.35. The number of nitrogens with zero attached hydrogens (tertiary/aromatic N) is 5. The van der Waals surface area contributed by atoms with Crippen molar-refractivity contribution in [3.8, 4) is 17.5 Å². The Morgan fingerprint density at radius 2 is 1.68 bits per heavy atom. The molecule has 240 valence electrons. The summed E-state index contributed by atoms with van der Waals surface area (Å²) in [5.41, 5.74) is 0.412. The van der Waals surface area contributed by atoms with Crippen LogP contribution in [0.1, 0.15) is 16.7 Å². The highest BCUT2D eigenvalue weighted by molar-refractivity contribution is 8.18. The van der Waals surface area contributed by atoms with Crippen LogP contribution in [-0.4, -0.2) is 41.8 Å². The number of aromatic nitrogens is 4. The minimum absolute atomic E-state index is 0.0235. The summed E-state index contributed by atoms with van der Waals surface area (Å²) in [6, 6.07) is 15.7. The molecular formula is C32H24Cl2FN5O6S. The minimum atomic E-state index is -0.582. The van der Waals surface area contributed by atoms with Gasteiger partial charge in [0.05, 0.1) is 25.1 Å². The number of hydrogen-bond donors (Lipinski definition) is 0. The van der Waals surface area contributed by atoms with Crippen molar-refractivity contribution in [3.63, 3.8) is 0 Å². The number of imidazole rings is 1. The van der Waals surface area contributed by atoms with Crippen molar-refractivity contribution in [1.82, 2.24) is 23.6 Å². The Labute approximate surface area is 280 Å². The van der Waals surface area contributed by atoms with Crippen LogP contribution in [0.5, 0.6) is 17.5 Å². The van der Waals surface area contributed by atoms with Crippen molar-refractivity contribution in [2.75, 3.05) is 7.11 Å². The van der Waals surface area contributed by atoms with Gasteiger partial charge in [-0.3, -0.25) is 33.0 Å². The molecule has 15 heteroatoms. The molecule has 1 saturated heterocycles. The van der Waals surface area contributed by atoms with Gasteiger partial charge in [-0.05, 0) is 59.3 Å². The van der Waals surface area contributed by atoms with E-state index in [0.29, 0.717) is 21.2 Å². The lowest BCUT2D eigenvalue weighted by atomic mass is 10.1. The number of halogens is 3. The van der Waals surface area contributed by atoms with Gasteiger partial charge in [0.25, 0.3) is 16.7 Å². The van der Waals surface area contributed by atoms with Crippen molar-refractivity contribution in [2.24, 2.45) is 14.1 Å². The summed E-state index contributed by atoms with van der Waals surface area (Å²) < 4.78 is 29.7. The number of imide groups is 1. The summed E-state index contributed by atoms with van der Waals surface area (Å²) in [5, 5.41) is 0.271. The molecule has 6 rings (SSSR count). The fraction of sp³-hybridized carbons (Fsp3) is 0.156. The number of benzene rings is 3. The van der Waals surface area contributed by atoms with Crippen molar-refractivity contribution in [1.29, 1.82) is 0 Å². The van der Waals surface area contributed by atoms with Gasteiger partial charge < -0.3 is 9.47 Å². The summed E-state index contributed by atoms with van der Waals surface area (Å²) in [7, 11) is 4.28. The lowest BCUT2D eigenvalue weighted by Gasteiger charge is -2.14. The zero-order valence-corrected chi connectivity index (χ0v) is 27.3. The van der Waals surface area contributed by atoms with E-state index in [1.165, 1.54) is 54.6 Å². The molecule has 0 saturated carbocycles. The van der Waals surface area contributed by atoms with Crippen LogP contribution in [-0.2, 0) is 32.0 Å². The summed E-state index contributed by atoms with van der Waals surface area (Å²) in [6.45, 7) is -0.139. The third kappa shape index (κ3) is 6.04. The molecule has 0 aliphatic carbocycles. The molecule has 0 N–H and O–H groups in total. The van der Waals surface area contributed by atoms with Crippen LogP contribution in [0.2, 0.25) is 10.0 Å². The van der Waals surface area contributed by atoms with Crippen LogP contribution in [0, 0.1) is 5.82 Å². The second-order valence-corrected chi connectivity index (χ2v) is 12.3. The standard InChI is InChI=1S/C32H24Cl2FN5O6S/c1-37-27-26(29(42)38(2)31(37)43)39(15-18-9-10-20(33)14-21(18)34)30(36-27)46-23-11-8-17(12-24(23)45-3)13-25-28(41)40(32(44)47-25)16-19-6-4-5-7-22(19)35/h4-14H,15-16H2,1-3H3/b25-13-. The first-order valence-corrected chi connectivity index (χ1v) is 15.5. The quantitative estimate of drug-likeness (QED) is 0.183. The van der Waals surface area contributed by atoms with Crippen LogP contribution < -0.4 is 20.7 Å². The van der Waals surface area contributed by atoms with Gasteiger partial charge in [0.1, 0.15) is 5.82 Å². The van der Waals surface area contributed by atoms with Gasteiger partial charge in [-0.2, -0.15) is 4.98 Å². The van der Waals surface area contributed by atoms with Crippen molar-refractivity contribution >= 4 is 63.4 Å². The highest BCUT2D eigenvalue weighted by Crippen LogP contribution is 2.37. The normalized spacial score (nSPS) is 14.1. The number of fused-ring (bicyclic) bond motifs is 1. The summed E-state index contributed by atoms with van der Waals surface area (Å²) >= 11 is 13.3. The lowest BCUT2D eigenvalue weighted by Crippen LogP contribution is -2.37. The number of hydrogen-bond acceptors (Lipinski definition) is 8. The number of aryl methyl sites for hydroxylation is 1. The molecule has 2 aromatic heterocycles. The minimum Gasteiger partial charge on any atom is -0.493 e. The Balaban J connectivity index is 1.35. The average molecular weight is 697 g/mol. The fourth-order valence-electron chi connectivity index (χ4n) is 5.01. The van der Waals surface area contributed by atoms with Crippen molar-refractivity contribution in [2.45, 2.75) is 13.1 Å². The third-order valence-electron chi connectivity index (χ3n) is 7.50. The molecule has 0 bridgehead atoms. The predicted molar refractivity (Wildman–Crippen MR) is 177 cm³/mol. The van der Waals surface area contributed by atoms with E-state index in [4.69, 9.17) is 32.7 Å². The number of thioether (sulfide) groups is 1. The number of methoxy groups -OCH3 is 1. The topological polar surface area (TPSA) is 118 Å². The number of amides is 2. The summed E-state index contributed by atoms with van der Waals surface area (Å²) in [4.78, 5) is 57.4. The van der Waals surface area contributed by atoms with Gasteiger partial charge in [0.15, 0.2) is 22.7 Å². The predicted octanol–water partition coefficient (Wildman–Crippen LogP) is 5.97. The summed E-state index contributed by atoms with van der Waals surface area (Å²) in [5.74, 6) is -0.611. The molecule has 3 aromatic carbocycles. The van der Waals surface area contributed by atoms with Crippen LogP contribution in [0.15, 0.2) is 75.2 Å². The van der Waals surface area contributed by atoms with E-state index in [-0.39, 0.29) is 52.2 Å². The molecule has 47 heavy (non-hydrogen) atoms. The van der Waals surface area contributed by atoms with Crippen LogP contribution in [0.4, 0.5) is 9.18 Å². The number of ether oxygens (including phenoxy) is 2. The van der Waals surface area contributed by atoms with Gasteiger partial charge in [0.2, 0.25) is 0 Å². The van der Waals surface area contributed by atoms with Gasteiger partial charge in [0, 0.05) is 29.7 Å². The second-order valence-electron chi connectivity index (χ2n) is 10.5. The highest BCUT2D eigenvalue weighted by atomic mass is 35.5. The Morgan fingerprint density at radius 3 is 2.40 bits per heavy atom. The Bertz CT molecular complexity index is 2260. The van der Waals surface area contributed by atoms with Crippen molar-refractivity contribution < 1.29 is 23.5 Å². The zero-order valence-electron chi connectivity index (χ0n) is 25.0. The SMILES string of the molecule is COc1cc(/C=C2\SC(=O)N(Cc3ccccc3F)C2=O)ccc1Oc1nc2c(c(=O)n(C)c(=O)n2C)n1Cc1ccc(Cl)cc1Cl. The first-order chi connectivity index (χ1) is 22.5. The molecule has 3 heterocycles. The molecule has 0 spiro atoms. The van der Waals surface area contributed by atoms with Gasteiger partial charge in [-0.25, -0.2) is 9.18 Å². The Kier molecular flexibility index (Phi) is 8.70. The molecule has 1 aliphatic heterocycles. The number of rotatable bonds is 8. The molecule has 0 atom stereocenters. The maximum Gasteiger partial charge on any atom is 0.332 e. The molecular weight excluding hydrogens is 672 g/mol. The van der Waals surface area contributed by atoms with E-state index < -0.39 is 28.2 Å².